The van der Waals surface area contributed by atoms with Crippen molar-refractivity contribution in [2.75, 3.05) is 6.26 Å². The summed E-state index contributed by atoms with van der Waals surface area (Å²) >= 11 is 0. The Labute approximate surface area is 118 Å². The van der Waals surface area contributed by atoms with E-state index < -0.39 is 22.0 Å². The molecule has 0 aliphatic carbocycles. The lowest BCUT2D eigenvalue weighted by atomic mass is 10.0. The lowest BCUT2D eigenvalue weighted by Gasteiger charge is -2.18. The maximum absolute atomic E-state index is 11.6. The number of hydrogen-bond donors (Lipinski definition) is 2. The molecule has 0 saturated heterocycles. The SMILES string of the molecule is CC(=O)NC(CC(=O)NS(C)(=O)=O)c1ccc(C)cc1. The quantitative estimate of drug-likeness (QED) is 0.834. The lowest BCUT2D eigenvalue weighted by Crippen LogP contribution is -2.35. The standard InChI is InChI=1S/C13H18N2O4S/c1-9-4-6-11(7-5-9)12(14-10(2)16)8-13(17)15-20(3,18)19/h4-7,12H,8H2,1-3H3,(H,14,16)(H,15,17). The van der Waals surface area contributed by atoms with Gasteiger partial charge in [-0.25, -0.2) is 8.42 Å². The molecule has 0 spiro atoms. The summed E-state index contributed by atoms with van der Waals surface area (Å²) in [6.45, 7) is 3.27. The molecule has 0 radical (unpaired) electrons. The van der Waals surface area contributed by atoms with Crippen LogP contribution in [0.3, 0.4) is 0 Å². The Morgan fingerprint density at radius 3 is 2.20 bits per heavy atom. The van der Waals surface area contributed by atoms with E-state index in [0.717, 1.165) is 17.4 Å². The average Bonchev–Trinajstić information content (AvgIpc) is 2.25. The van der Waals surface area contributed by atoms with Crippen LogP contribution in [-0.4, -0.2) is 26.5 Å². The molecule has 6 nitrogen and oxygen atoms in total. The van der Waals surface area contributed by atoms with Crippen molar-refractivity contribution in [3.05, 3.63) is 35.4 Å². The highest BCUT2D eigenvalue weighted by atomic mass is 32.2. The molecule has 2 N–H and O–H groups in total. The van der Waals surface area contributed by atoms with Crippen LogP contribution in [0, 0.1) is 6.92 Å². The van der Waals surface area contributed by atoms with Crippen molar-refractivity contribution in [2.24, 2.45) is 0 Å². The van der Waals surface area contributed by atoms with Crippen LogP contribution in [0.1, 0.15) is 30.5 Å². The Morgan fingerprint density at radius 1 is 1.20 bits per heavy atom. The van der Waals surface area contributed by atoms with Gasteiger partial charge in [-0.15, -0.1) is 0 Å². The maximum atomic E-state index is 11.6. The molecule has 1 aromatic carbocycles. The maximum Gasteiger partial charge on any atom is 0.235 e. The number of rotatable bonds is 5. The molecule has 0 bridgehead atoms. The van der Waals surface area contributed by atoms with Gasteiger partial charge in [0.05, 0.1) is 18.7 Å². The Morgan fingerprint density at radius 2 is 1.75 bits per heavy atom. The van der Waals surface area contributed by atoms with Gasteiger partial charge in [0.25, 0.3) is 0 Å². The normalized spacial score (nSPS) is 12.6. The lowest BCUT2D eigenvalue weighted by molar-refractivity contribution is -0.121. The topological polar surface area (TPSA) is 92.3 Å². The fraction of sp³-hybridized carbons (Fsp3) is 0.385. The first kappa shape index (κ1) is 16.2. The van der Waals surface area contributed by atoms with E-state index in [0.29, 0.717) is 0 Å². The third-order valence-electron chi connectivity index (χ3n) is 2.55. The third kappa shape index (κ3) is 5.83. The third-order valence-corrected chi connectivity index (χ3v) is 3.14. The van der Waals surface area contributed by atoms with Gasteiger partial charge in [0.15, 0.2) is 0 Å². The first-order valence-electron chi connectivity index (χ1n) is 6.01. The van der Waals surface area contributed by atoms with E-state index >= 15 is 0 Å². The number of sulfonamides is 1. The predicted octanol–water partition coefficient (Wildman–Crippen LogP) is 0.638. The molecule has 0 aromatic heterocycles. The molecule has 20 heavy (non-hydrogen) atoms. The van der Waals surface area contributed by atoms with Gasteiger partial charge in [-0.2, -0.15) is 0 Å². The first-order valence-corrected chi connectivity index (χ1v) is 7.91. The molecule has 1 atom stereocenters. The fourth-order valence-electron chi connectivity index (χ4n) is 1.73. The predicted molar refractivity (Wildman–Crippen MR) is 75.3 cm³/mol. The highest BCUT2D eigenvalue weighted by Gasteiger charge is 2.18. The minimum atomic E-state index is -3.60. The van der Waals surface area contributed by atoms with Crippen molar-refractivity contribution >= 4 is 21.8 Å². The molecule has 0 aliphatic rings. The number of aryl methyl sites for hydroxylation is 1. The van der Waals surface area contributed by atoms with Gasteiger partial charge in [-0.3, -0.25) is 14.3 Å². The molecular formula is C13H18N2O4S. The largest absolute Gasteiger partial charge is 0.349 e. The van der Waals surface area contributed by atoms with Crippen LogP contribution in [0.5, 0.6) is 0 Å². The van der Waals surface area contributed by atoms with Crippen molar-refractivity contribution in [3.8, 4) is 0 Å². The smallest absolute Gasteiger partial charge is 0.235 e. The molecule has 1 unspecified atom stereocenters. The van der Waals surface area contributed by atoms with Crippen molar-refractivity contribution in [2.45, 2.75) is 26.3 Å². The van der Waals surface area contributed by atoms with Crippen LogP contribution in [0.2, 0.25) is 0 Å². The second-order valence-corrected chi connectivity index (χ2v) is 6.41. The van der Waals surface area contributed by atoms with E-state index in [1.165, 1.54) is 6.92 Å². The van der Waals surface area contributed by atoms with Gasteiger partial charge in [-0.1, -0.05) is 29.8 Å². The summed E-state index contributed by atoms with van der Waals surface area (Å²) in [7, 11) is -3.60. The Bertz CT molecular complexity index is 593. The van der Waals surface area contributed by atoms with Gasteiger partial charge in [-0.05, 0) is 12.5 Å². The molecular weight excluding hydrogens is 280 g/mol. The van der Waals surface area contributed by atoms with Crippen molar-refractivity contribution in [3.63, 3.8) is 0 Å². The van der Waals surface area contributed by atoms with Crippen LogP contribution in [-0.2, 0) is 19.6 Å². The van der Waals surface area contributed by atoms with Crippen LogP contribution < -0.4 is 10.0 Å². The molecule has 1 rings (SSSR count). The summed E-state index contributed by atoms with van der Waals surface area (Å²) in [4.78, 5) is 22.8. The summed E-state index contributed by atoms with van der Waals surface area (Å²) in [5.41, 5.74) is 1.80. The van der Waals surface area contributed by atoms with E-state index in [1.807, 2.05) is 23.8 Å². The number of carbonyl (C=O) groups excluding carboxylic acids is 2. The second-order valence-electron chi connectivity index (χ2n) is 4.67. The van der Waals surface area contributed by atoms with Crippen LogP contribution in [0.4, 0.5) is 0 Å². The van der Waals surface area contributed by atoms with Gasteiger partial charge in [0, 0.05) is 6.92 Å². The summed E-state index contributed by atoms with van der Waals surface area (Å²) in [6.07, 6.45) is 0.764. The van der Waals surface area contributed by atoms with E-state index in [2.05, 4.69) is 5.32 Å². The Hall–Kier alpha value is -1.89. The van der Waals surface area contributed by atoms with Crippen LogP contribution in [0.25, 0.3) is 0 Å². The van der Waals surface area contributed by atoms with E-state index in [9.17, 15) is 18.0 Å². The molecule has 7 heteroatoms. The van der Waals surface area contributed by atoms with E-state index in [1.54, 1.807) is 12.1 Å². The van der Waals surface area contributed by atoms with Gasteiger partial charge in [0.2, 0.25) is 21.8 Å². The molecule has 0 saturated carbocycles. The molecule has 1 aromatic rings. The van der Waals surface area contributed by atoms with E-state index in [4.69, 9.17) is 0 Å². The van der Waals surface area contributed by atoms with Crippen molar-refractivity contribution in [1.82, 2.24) is 10.0 Å². The monoisotopic (exact) mass is 298 g/mol. The minimum absolute atomic E-state index is 0.143. The van der Waals surface area contributed by atoms with Crippen molar-refractivity contribution < 1.29 is 18.0 Å². The summed E-state index contributed by atoms with van der Waals surface area (Å²) in [6, 6.07) is 6.75. The van der Waals surface area contributed by atoms with Gasteiger partial charge in [0.1, 0.15) is 0 Å². The number of benzene rings is 1. The second kappa shape index (κ2) is 6.51. The highest BCUT2D eigenvalue weighted by molar-refractivity contribution is 7.89. The Balaban J connectivity index is 2.87. The molecule has 0 aliphatic heterocycles. The van der Waals surface area contributed by atoms with Gasteiger partial charge >= 0.3 is 0 Å². The average molecular weight is 298 g/mol. The number of nitrogens with one attached hydrogen (secondary N) is 2. The summed E-state index contributed by atoms with van der Waals surface area (Å²) in [5.74, 6) is -0.949. The summed E-state index contributed by atoms with van der Waals surface area (Å²) < 4.78 is 23.9. The van der Waals surface area contributed by atoms with Gasteiger partial charge < -0.3 is 5.32 Å². The minimum Gasteiger partial charge on any atom is -0.349 e. The number of amides is 2. The Kier molecular flexibility index (Phi) is 5.26. The zero-order chi connectivity index (χ0) is 15.3. The first-order chi connectivity index (χ1) is 9.17. The molecule has 110 valence electrons. The zero-order valence-electron chi connectivity index (χ0n) is 11.6. The fourth-order valence-corrected chi connectivity index (χ4v) is 2.23. The van der Waals surface area contributed by atoms with E-state index in [-0.39, 0.29) is 12.3 Å². The van der Waals surface area contributed by atoms with Crippen LogP contribution >= 0.6 is 0 Å². The zero-order valence-corrected chi connectivity index (χ0v) is 12.5. The molecule has 0 heterocycles. The molecule has 2 amide bonds. The van der Waals surface area contributed by atoms with Crippen molar-refractivity contribution in [1.29, 1.82) is 0 Å². The number of hydrogen-bond acceptors (Lipinski definition) is 4. The number of carbonyl (C=O) groups is 2. The molecule has 0 fully saturated rings. The summed E-state index contributed by atoms with van der Waals surface area (Å²) in [5, 5.41) is 2.64. The highest BCUT2D eigenvalue weighted by Crippen LogP contribution is 2.17. The van der Waals surface area contributed by atoms with Crippen LogP contribution in [0.15, 0.2) is 24.3 Å².